The van der Waals surface area contributed by atoms with Crippen LogP contribution < -0.4 is 5.32 Å². The Kier molecular flexibility index (Phi) is 6.96. The summed E-state index contributed by atoms with van der Waals surface area (Å²) in [7, 11) is -3.63. The molecule has 1 amide bonds. The van der Waals surface area contributed by atoms with Crippen LogP contribution in [-0.2, 0) is 10.0 Å². The third-order valence-corrected chi connectivity index (χ3v) is 8.33. The van der Waals surface area contributed by atoms with Gasteiger partial charge in [0, 0.05) is 18.7 Å². The molecular formula is C27H30N2O3S. The van der Waals surface area contributed by atoms with E-state index < -0.39 is 10.0 Å². The van der Waals surface area contributed by atoms with Gasteiger partial charge in [-0.25, -0.2) is 8.42 Å². The van der Waals surface area contributed by atoms with E-state index in [1.807, 2.05) is 61.5 Å². The van der Waals surface area contributed by atoms with Gasteiger partial charge in [-0.1, -0.05) is 67.1 Å². The molecule has 1 N–H and O–H groups in total. The minimum Gasteiger partial charge on any atom is -0.341 e. The first-order chi connectivity index (χ1) is 15.9. The highest BCUT2D eigenvalue weighted by Gasteiger charge is 2.28. The van der Waals surface area contributed by atoms with E-state index in [1.165, 1.54) is 6.07 Å². The summed E-state index contributed by atoms with van der Waals surface area (Å²) in [6.45, 7) is 4.86. The Morgan fingerprint density at radius 2 is 1.52 bits per heavy atom. The first-order valence-corrected chi connectivity index (χ1v) is 12.8. The van der Waals surface area contributed by atoms with Crippen LogP contribution in [0.25, 0.3) is 0 Å². The lowest BCUT2D eigenvalue weighted by Gasteiger charge is -2.27. The largest absolute Gasteiger partial charge is 0.341 e. The Balaban J connectivity index is 1.67. The highest BCUT2D eigenvalue weighted by atomic mass is 32.2. The van der Waals surface area contributed by atoms with Crippen LogP contribution in [0, 0.1) is 13.8 Å². The zero-order chi connectivity index (χ0) is 23.4. The summed E-state index contributed by atoms with van der Waals surface area (Å²) in [5.41, 5.74) is 4.03. The number of hydrogen-bond donors (Lipinski definition) is 1. The topological polar surface area (TPSA) is 66.5 Å². The van der Waals surface area contributed by atoms with Crippen LogP contribution in [0.5, 0.6) is 0 Å². The Morgan fingerprint density at radius 3 is 2.21 bits per heavy atom. The van der Waals surface area contributed by atoms with Crippen molar-refractivity contribution in [3.63, 3.8) is 0 Å². The molecule has 172 valence electrons. The minimum absolute atomic E-state index is 0.212. The number of carbonyl (C=O) groups excluding carboxylic acids is 1. The molecule has 4 rings (SSSR count). The number of benzene rings is 3. The number of nitrogens with one attached hydrogen (secondary N) is 1. The number of nitrogens with zero attached hydrogens (tertiary/aromatic N) is 1. The van der Waals surface area contributed by atoms with Crippen LogP contribution in [-0.4, -0.2) is 31.7 Å². The average molecular weight is 463 g/mol. The molecule has 1 fully saturated rings. The Hall–Kier alpha value is -2.96. The van der Waals surface area contributed by atoms with E-state index in [-0.39, 0.29) is 16.8 Å². The zero-order valence-corrected chi connectivity index (χ0v) is 19.9. The third kappa shape index (κ3) is 5.02. The summed E-state index contributed by atoms with van der Waals surface area (Å²) in [4.78, 5) is 13.6. The molecule has 0 aromatic heterocycles. The van der Waals surface area contributed by atoms with Crippen LogP contribution in [0.2, 0.25) is 0 Å². The van der Waals surface area contributed by atoms with Gasteiger partial charge in [-0.05, 0) is 61.1 Å². The minimum atomic E-state index is -3.63. The molecule has 1 aliphatic rings. The molecule has 1 saturated heterocycles. The lowest BCUT2D eigenvalue weighted by Crippen LogP contribution is -2.36. The molecular weight excluding hydrogens is 432 g/mol. The Bertz CT molecular complexity index is 1230. The second-order valence-corrected chi connectivity index (χ2v) is 10.5. The van der Waals surface area contributed by atoms with Gasteiger partial charge in [-0.2, -0.15) is 4.31 Å². The summed E-state index contributed by atoms with van der Waals surface area (Å²) in [5, 5.41) is 3.14. The van der Waals surface area contributed by atoms with Crippen molar-refractivity contribution in [2.45, 2.75) is 44.0 Å². The molecule has 1 aliphatic heterocycles. The lowest BCUT2D eigenvalue weighted by molar-refractivity contribution is 0.0942. The fraction of sp³-hybridized carbons (Fsp3) is 0.296. The van der Waals surface area contributed by atoms with Gasteiger partial charge in [-0.15, -0.1) is 0 Å². The van der Waals surface area contributed by atoms with Crippen LogP contribution in [0.1, 0.15) is 57.9 Å². The maximum absolute atomic E-state index is 13.4. The van der Waals surface area contributed by atoms with Gasteiger partial charge in [0.05, 0.1) is 10.9 Å². The maximum Gasteiger partial charge on any atom is 0.252 e. The highest BCUT2D eigenvalue weighted by molar-refractivity contribution is 7.89. The fourth-order valence-corrected chi connectivity index (χ4v) is 6.14. The van der Waals surface area contributed by atoms with Crippen LogP contribution in [0.3, 0.4) is 0 Å². The normalized spacial score (nSPS) is 15.7. The molecule has 1 atom stereocenters. The Labute approximate surface area is 196 Å². The number of aryl methyl sites for hydroxylation is 2. The summed E-state index contributed by atoms with van der Waals surface area (Å²) in [6.07, 6.45) is 2.79. The number of piperidine rings is 1. The molecule has 3 aromatic carbocycles. The van der Waals surface area contributed by atoms with Crippen molar-refractivity contribution in [3.8, 4) is 0 Å². The second-order valence-electron chi connectivity index (χ2n) is 8.62. The SMILES string of the molecule is Cc1ccccc1C(NC(=O)c1ccc(C)c(S(=O)(=O)N2CCCCC2)c1)c1ccccc1. The van der Waals surface area contributed by atoms with Crippen molar-refractivity contribution in [1.29, 1.82) is 0 Å². The number of hydrogen-bond acceptors (Lipinski definition) is 3. The summed E-state index contributed by atoms with van der Waals surface area (Å²) < 4.78 is 28.1. The van der Waals surface area contributed by atoms with E-state index in [2.05, 4.69) is 5.32 Å². The predicted octanol–water partition coefficient (Wildman–Crippen LogP) is 5.00. The zero-order valence-electron chi connectivity index (χ0n) is 19.1. The van der Waals surface area contributed by atoms with Crippen LogP contribution >= 0.6 is 0 Å². The molecule has 0 aliphatic carbocycles. The Morgan fingerprint density at radius 1 is 0.848 bits per heavy atom. The fourth-order valence-electron chi connectivity index (χ4n) is 4.37. The van der Waals surface area contributed by atoms with Gasteiger partial charge in [0.15, 0.2) is 0 Å². The smallest absolute Gasteiger partial charge is 0.252 e. The number of sulfonamides is 1. The van der Waals surface area contributed by atoms with Gasteiger partial charge >= 0.3 is 0 Å². The standard InChI is InChI=1S/C27H30N2O3S/c1-20-11-7-8-14-24(20)26(22-12-5-3-6-13-22)28-27(30)23-16-15-21(2)25(19-23)33(31,32)29-17-9-4-10-18-29/h3,5-8,11-16,19,26H,4,9-10,17-18H2,1-2H3,(H,28,30). The second kappa shape index (κ2) is 9.89. The highest BCUT2D eigenvalue weighted by Crippen LogP contribution is 2.27. The van der Waals surface area contributed by atoms with E-state index in [1.54, 1.807) is 23.4 Å². The van der Waals surface area contributed by atoms with Crippen molar-refractivity contribution in [1.82, 2.24) is 9.62 Å². The average Bonchev–Trinajstić information content (AvgIpc) is 2.84. The van der Waals surface area contributed by atoms with Gasteiger partial charge in [-0.3, -0.25) is 4.79 Å². The third-order valence-electron chi connectivity index (χ3n) is 6.29. The molecule has 3 aromatic rings. The van der Waals surface area contributed by atoms with Gasteiger partial charge in [0.25, 0.3) is 5.91 Å². The molecule has 0 radical (unpaired) electrons. The van der Waals surface area contributed by atoms with E-state index in [4.69, 9.17) is 0 Å². The van der Waals surface area contributed by atoms with Crippen molar-refractivity contribution in [2.24, 2.45) is 0 Å². The van der Waals surface area contributed by atoms with E-state index >= 15 is 0 Å². The van der Waals surface area contributed by atoms with Gasteiger partial charge in [0.2, 0.25) is 10.0 Å². The van der Waals surface area contributed by atoms with Crippen LogP contribution in [0.4, 0.5) is 0 Å². The van der Waals surface area contributed by atoms with Crippen molar-refractivity contribution in [3.05, 3.63) is 101 Å². The van der Waals surface area contributed by atoms with Gasteiger partial charge in [0.1, 0.15) is 0 Å². The first-order valence-electron chi connectivity index (χ1n) is 11.4. The molecule has 1 unspecified atom stereocenters. The molecule has 6 heteroatoms. The molecule has 33 heavy (non-hydrogen) atoms. The predicted molar refractivity (Wildman–Crippen MR) is 131 cm³/mol. The number of carbonyl (C=O) groups is 1. The molecule has 1 heterocycles. The van der Waals surface area contributed by atoms with Crippen LogP contribution in [0.15, 0.2) is 77.7 Å². The summed E-state index contributed by atoms with van der Waals surface area (Å²) in [5.74, 6) is -0.304. The van der Waals surface area contributed by atoms with Crippen molar-refractivity contribution < 1.29 is 13.2 Å². The van der Waals surface area contributed by atoms with Crippen molar-refractivity contribution >= 4 is 15.9 Å². The quantitative estimate of drug-likeness (QED) is 0.561. The van der Waals surface area contributed by atoms with E-state index in [0.29, 0.717) is 24.2 Å². The monoisotopic (exact) mass is 462 g/mol. The molecule has 5 nitrogen and oxygen atoms in total. The number of amides is 1. The van der Waals surface area contributed by atoms with E-state index in [9.17, 15) is 13.2 Å². The maximum atomic E-state index is 13.4. The van der Waals surface area contributed by atoms with Gasteiger partial charge < -0.3 is 5.32 Å². The van der Waals surface area contributed by atoms with Crippen molar-refractivity contribution in [2.75, 3.05) is 13.1 Å². The molecule has 0 spiro atoms. The van der Waals surface area contributed by atoms with E-state index in [0.717, 1.165) is 36.0 Å². The molecule has 0 saturated carbocycles. The first kappa shape index (κ1) is 23.2. The summed E-state index contributed by atoms with van der Waals surface area (Å²) >= 11 is 0. The lowest BCUT2D eigenvalue weighted by atomic mass is 9.94. The summed E-state index contributed by atoms with van der Waals surface area (Å²) in [6, 6.07) is 22.4. The number of rotatable bonds is 6. The molecule has 0 bridgehead atoms.